The van der Waals surface area contributed by atoms with Crippen LogP contribution < -0.4 is 11.5 Å². The summed E-state index contributed by atoms with van der Waals surface area (Å²) in [6.45, 7) is 3.82. The fraction of sp³-hybridized carbons (Fsp3) is 1.00. The third-order valence-corrected chi connectivity index (χ3v) is 2.84. The smallest absolute Gasteiger partial charge is 0.163 e. The highest BCUT2D eigenvalue weighted by molar-refractivity contribution is 4.98. The first-order chi connectivity index (χ1) is 5.99. The summed E-state index contributed by atoms with van der Waals surface area (Å²) in [7, 11) is 0. The molecule has 0 aromatic heterocycles. The van der Waals surface area contributed by atoms with Crippen LogP contribution in [-0.4, -0.2) is 30.1 Å². The normalized spacial score (nSPS) is 48.9. The van der Waals surface area contributed by atoms with Crippen LogP contribution >= 0.6 is 0 Å². The molecule has 1 aliphatic carbocycles. The van der Waals surface area contributed by atoms with E-state index in [1.165, 1.54) is 0 Å². The van der Waals surface area contributed by atoms with Crippen LogP contribution in [-0.2, 0) is 9.47 Å². The summed E-state index contributed by atoms with van der Waals surface area (Å²) < 4.78 is 11.4. The molecule has 1 saturated carbocycles. The van der Waals surface area contributed by atoms with Gasteiger partial charge >= 0.3 is 0 Å². The number of hydrogen-bond donors (Lipinski definition) is 2. The van der Waals surface area contributed by atoms with Gasteiger partial charge in [-0.3, -0.25) is 0 Å². The van der Waals surface area contributed by atoms with E-state index in [0.717, 1.165) is 12.8 Å². The van der Waals surface area contributed by atoms with Gasteiger partial charge in [0.1, 0.15) is 12.2 Å². The molecule has 13 heavy (non-hydrogen) atoms. The lowest BCUT2D eigenvalue weighted by Crippen LogP contribution is -2.54. The molecule has 1 aliphatic heterocycles. The fourth-order valence-corrected chi connectivity index (χ4v) is 2.19. The van der Waals surface area contributed by atoms with Crippen LogP contribution in [0.15, 0.2) is 0 Å². The first kappa shape index (κ1) is 9.40. The van der Waals surface area contributed by atoms with Gasteiger partial charge in [0.2, 0.25) is 0 Å². The van der Waals surface area contributed by atoms with E-state index in [1.54, 1.807) is 0 Å². The lowest BCUT2D eigenvalue weighted by molar-refractivity contribution is -0.147. The Morgan fingerprint density at radius 2 is 1.38 bits per heavy atom. The van der Waals surface area contributed by atoms with Crippen LogP contribution in [0.5, 0.6) is 0 Å². The summed E-state index contributed by atoms with van der Waals surface area (Å²) >= 11 is 0. The van der Waals surface area contributed by atoms with E-state index >= 15 is 0 Å². The Hall–Kier alpha value is -0.160. The van der Waals surface area contributed by atoms with Crippen LogP contribution in [0.4, 0.5) is 0 Å². The molecule has 4 heteroatoms. The summed E-state index contributed by atoms with van der Waals surface area (Å²) in [5.74, 6) is -0.519. The molecule has 2 aliphatic rings. The molecule has 2 rings (SSSR count). The average molecular weight is 186 g/mol. The van der Waals surface area contributed by atoms with Crippen LogP contribution in [0.1, 0.15) is 26.7 Å². The van der Waals surface area contributed by atoms with Crippen molar-refractivity contribution in [3.8, 4) is 0 Å². The maximum Gasteiger partial charge on any atom is 0.163 e. The number of ether oxygens (including phenoxy) is 2. The van der Waals surface area contributed by atoms with Crippen molar-refractivity contribution in [3.05, 3.63) is 0 Å². The Morgan fingerprint density at radius 1 is 1.00 bits per heavy atom. The Labute approximate surface area is 78.6 Å². The molecule has 4 unspecified atom stereocenters. The molecule has 1 saturated heterocycles. The number of hydrogen-bond acceptors (Lipinski definition) is 4. The first-order valence-corrected chi connectivity index (χ1v) is 4.86. The van der Waals surface area contributed by atoms with Gasteiger partial charge in [-0.05, 0) is 26.7 Å². The predicted molar refractivity (Wildman–Crippen MR) is 49.0 cm³/mol. The molecule has 0 aromatic carbocycles. The van der Waals surface area contributed by atoms with Crippen molar-refractivity contribution in [3.63, 3.8) is 0 Å². The quantitative estimate of drug-likeness (QED) is 0.556. The topological polar surface area (TPSA) is 70.5 Å². The van der Waals surface area contributed by atoms with Crippen molar-refractivity contribution in [1.82, 2.24) is 0 Å². The molecule has 0 bridgehead atoms. The van der Waals surface area contributed by atoms with Gasteiger partial charge < -0.3 is 20.9 Å². The van der Waals surface area contributed by atoms with Crippen molar-refractivity contribution in [2.75, 3.05) is 0 Å². The zero-order valence-corrected chi connectivity index (χ0v) is 8.19. The minimum atomic E-state index is -0.519. The Kier molecular flexibility index (Phi) is 2.11. The van der Waals surface area contributed by atoms with Crippen molar-refractivity contribution in [2.24, 2.45) is 11.5 Å². The molecule has 4 nitrogen and oxygen atoms in total. The van der Waals surface area contributed by atoms with E-state index in [4.69, 9.17) is 20.9 Å². The Bertz CT molecular complexity index is 188. The third kappa shape index (κ3) is 1.59. The highest BCUT2D eigenvalue weighted by Gasteiger charge is 2.48. The second-order valence-corrected chi connectivity index (χ2v) is 4.47. The largest absolute Gasteiger partial charge is 0.343 e. The molecule has 2 fully saturated rings. The molecule has 4 atom stereocenters. The van der Waals surface area contributed by atoms with E-state index in [1.807, 2.05) is 13.8 Å². The SMILES string of the molecule is CC1(C)OC2C(N)CCC(N)C2O1. The predicted octanol–water partition coefficient (Wildman–Crippen LogP) is -0.0451. The van der Waals surface area contributed by atoms with E-state index in [-0.39, 0.29) is 24.3 Å². The van der Waals surface area contributed by atoms with E-state index in [2.05, 4.69) is 0 Å². The summed E-state index contributed by atoms with van der Waals surface area (Å²) in [5, 5.41) is 0. The van der Waals surface area contributed by atoms with Gasteiger partial charge in [0.05, 0.1) is 0 Å². The average Bonchev–Trinajstić information content (AvgIpc) is 2.35. The number of rotatable bonds is 0. The molecule has 0 spiro atoms. The Balaban J connectivity index is 2.14. The van der Waals surface area contributed by atoms with Crippen molar-refractivity contribution >= 4 is 0 Å². The zero-order chi connectivity index (χ0) is 9.64. The molecule has 4 N–H and O–H groups in total. The monoisotopic (exact) mass is 186 g/mol. The first-order valence-electron chi connectivity index (χ1n) is 4.86. The van der Waals surface area contributed by atoms with Crippen LogP contribution in [0.2, 0.25) is 0 Å². The maximum absolute atomic E-state index is 5.94. The van der Waals surface area contributed by atoms with Crippen molar-refractivity contribution in [2.45, 2.75) is 56.8 Å². The maximum atomic E-state index is 5.94. The summed E-state index contributed by atoms with van der Waals surface area (Å²) in [6.07, 6.45) is 1.83. The van der Waals surface area contributed by atoms with Gasteiger partial charge in [-0.1, -0.05) is 0 Å². The number of fused-ring (bicyclic) bond motifs is 1. The van der Waals surface area contributed by atoms with Gasteiger partial charge in [-0.2, -0.15) is 0 Å². The lowest BCUT2D eigenvalue weighted by Gasteiger charge is -2.32. The molecule has 76 valence electrons. The molecule has 0 aromatic rings. The minimum Gasteiger partial charge on any atom is -0.343 e. The fourth-order valence-electron chi connectivity index (χ4n) is 2.19. The summed E-state index contributed by atoms with van der Waals surface area (Å²) in [5.41, 5.74) is 11.9. The van der Waals surface area contributed by atoms with E-state index in [0.29, 0.717) is 0 Å². The zero-order valence-electron chi connectivity index (χ0n) is 8.19. The highest BCUT2D eigenvalue weighted by Crippen LogP contribution is 2.35. The summed E-state index contributed by atoms with van der Waals surface area (Å²) in [4.78, 5) is 0. The van der Waals surface area contributed by atoms with Gasteiger partial charge in [-0.15, -0.1) is 0 Å². The van der Waals surface area contributed by atoms with Gasteiger partial charge in [0, 0.05) is 12.1 Å². The highest BCUT2D eigenvalue weighted by atomic mass is 16.8. The molecule has 0 amide bonds. The molecule has 0 radical (unpaired) electrons. The van der Waals surface area contributed by atoms with Crippen LogP contribution in [0.3, 0.4) is 0 Å². The number of nitrogens with two attached hydrogens (primary N) is 2. The minimum absolute atomic E-state index is 0.0150. The second-order valence-electron chi connectivity index (χ2n) is 4.47. The molecule has 1 heterocycles. The van der Waals surface area contributed by atoms with Crippen molar-refractivity contribution < 1.29 is 9.47 Å². The van der Waals surface area contributed by atoms with E-state index in [9.17, 15) is 0 Å². The summed E-state index contributed by atoms with van der Waals surface area (Å²) in [6, 6.07) is 0.151. The van der Waals surface area contributed by atoms with Gasteiger partial charge in [0.25, 0.3) is 0 Å². The van der Waals surface area contributed by atoms with Crippen molar-refractivity contribution in [1.29, 1.82) is 0 Å². The lowest BCUT2D eigenvalue weighted by atomic mass is 9.87. The molecular weight excluding hydrogens is 168 g/mol. The standard InChI is InChI=1S/C9H18N2O2/c1-9(2)12-7-5(10)3-4-6(11)8(7)13-9/h5-8H,3-4,10-11H2,1-2H3. The van der Waals surface area contributed by atoms with E-state index < -0.39 is 5.79 Å². The molecular formula is C9H18N2O2. The Morgan fingerprint density at radius 3 is 1.77 bits per heavy atom. The van der Waals surface area contributed by atoms with Gasteiger partial charge in [-0.25, -0.2) is 0 Å². The second kappa shape index (κ2) is 2.92. The van der Waals surface area contributed by atoms with Crippen LogP contribution in [0, 0.1) is 0 Å². The third-order valence-electron chi connectivity index (χ3n) is 2.84. The van der Waals surface area contributed by atoms with Gasteiger partial charge in [0.15, 0.2) is 5.79 Å². The van der Waals surface area contributed by atoms with Crippen LogP contribution in [0.25, 0.3) is 0 Å².